The second kappa shape index (κ2) is 9.91. The van der Waals surface area contributed by atoms with Gasteiger partial charge in [0, 0.05) is 37.3 Å². The first-order valence-electron chi connectivity index (χ1n) is 12.3. The van der Waals surface area contributed by atoms with E-state index in [0.717, 1.165) is 37.8 Å². The predicted octanol–water partition coefficient (Wildman–Crippen LogP) is 3.33. The molecule has 0 spiro atoms. The summed E-state index contributed by atoms with van der Waals surface area (Å²) in [6.07, 6.45) is 6.42. The summed E-state index contributed by atoms with van der Waals surface area (Å²) in [5.74, 6) is 0.950. The minimum absolute atomic E-state index is 0.00915. The molecular weight excluding hydrogens is 432 g/mol. The second-order valence-electron chi connectivity index (χ2n) is 9.72. The number of benzene rings is 1. The number of para-hydroxylation sites is 1. The molecule has 2 aromatic rings. The molecule has 180 valence electrons. The van der Waals surface area contributed by atoms with Gasteiger partial charge in [-0.2, -0.15) is 0 Å². The average Bonchev–Trinajstić information content (AvgIpc) is 2.85. The van der Waals surface area contributed by atoms with Crippen molar-refractivity contribution in [2.45, 2.75) is 57.0 Å². The topological polar surface area (TPSA) is 92.7 Å². The maximum atomic E-state index is 13.2. The third-order valence-electron chi connectivity index (χ3n) is 7.25. The van der Waals surface area contributed by atoms with Crippen molar-refractivity contribution in [2.24, 2.45) is 5.92 Å². The summed E-state index contributed by atoms with van der Waals surface area (Å²) in [7, 11) is 0. The van der Waals surface area contributed by atoms with Gasteiger partial charge in [-0.3, -0.25) is 9.59 Å². The highest BCUT2D eigenvalue weighted by molar-refractivity contribution is 5.89. The van der Waals surface area contributed by atoms with E-state index >= 15 is 0 Å². The SMILES string of the molecule is O=C(Nc1ccc2n(c1=O)CC1CC2CN(C(=O)COc2ccccc2)C1)NC1CCCCC1. The number of ether oxygens (including phenoxy) is 1. The number of likely N-dealkylation sites (tertiary alicyclic amines) is 1. The van der Waals surface area contributed by atoms with Gasteiger partial charge in [-0.1, -0.05) is 37.5 Å². The molecule has 1 aromatic heterocycles. The van der Waals surface area contributed by atoms with Gasteiger partial charge in [-0.05, 0) is 49.4 Å². The van der Waals surface area contributed by atoms with Crippen molar-refractivity contribution in [3.8, 4) is 5.75 Å². The van der Waals surface area contributed by atoms with Crippen LogP contribution in [0.5, 0.6) is 5.75 Å². The fourth-order valence-electron chi connectivity index (χ4n) is 5.59. The summed E-state index contributed by atoms with van der Waals surface area (Å²) >= 11 is 0. The molecule has 2 atom stereocenters. The van der Waals surface area contributed by atoms with Crippen LogP contribution in [0.1, 0.15) is 50.1 Å². The molecule has 2 bridgehead atoms. The van der Waals surface area contributed by atoms with Crippen LogP contribution >= 0.6 is 0 Å². The molecule has 1 aliphatic carbocycles. The number of fused-ring (bicyclic) bond motifs is 4. The molecule has 1 saturated heterocycles. The second-order valence-corrected chi connectivity index (χ2v) is 9.72. The molecule has 0 radical (unpaired) electrons. The number of amides is 3. The Labute approximate surface area is 199 Å². The average molecular weight is 465 g/mol. The van der Waals surface area contributed by atoms with Crippen LogP contribution in [0.25, 0.3) is 0 Å². The first-order valence-corrected chi connectivity index (χ1v) is 12.3. The zero-order valence-corrected chi connectivity index (χ0v) is 19.4. The van der Waals surface area contributed by atoms with E-state index in [9.17, 15) is 14.4 Å². The number of carbonyl (C=O) groups excluding carboxylic acids is 2. The lowest BCUT2D eigenvalue weighted by molar-refractivity contribution is -0.136. The molecule has 1 aromatic carbocycles. The van der Waals surface area contributed by atoms with Crippen LogP contribution in [0.4, 0.5) is 10.5 Å². The zero-order valence-electron chi connectivity index (χ0n) is 19.4. The maximum Gasteiger partial charge on any atom is 0.319 e. The summed E-state index contributed by atoms with van der Waals surface area (Å²) in [5.41, 5.74) is 1.07. The molecule has 8 nitrogen and oxygen atoms in total. The highest BCUT2D eigenvalue weighted by Crippen LogP contribution is 2.35. The normalized spacial score (nSPS) is 21.9. The number of nitrogens with zero attached hydrogens (tertiary/aromatic N) is 2. The van der Waals surface area contributed by atoms with Gasteiger partial charge in [-0.15, -0.1) is 0 Å². The van der Waals surface area contributed by atoms with Crippen molar-refractivity contribution >= 4 is 17.6 Å². The quantitative estimate of drug-likeness (QED) is 0.710. The van der Waals surface area contributed by atoms with Crippen molar-refractivity contribution in [2.75, 3.05) is 25.0 Å². The summed E-state index contributed by atoms with van der Waals surface area (Å²) in [6, 6.07) is 12.8. The Morgan fingerprint density at radius 1 is 0.971 bits per heavy atom. The van der Waals surface area contributed by atoms with Gasteiger partial charge < -0.3 is 24.8 Å². The number of piperidine rings is 1. The largest absolute Gasteiger partial charge is 0.484 e. The van der Waals surface area contributed by atoms with Gasteiger partial charge in [-0.25, -0.2) is 4.79 Å². The molecule has 3 heterocycles. The van der Waals surface area contributed by atoms with E-state index < -0.39 is 0 Å². The number of hydrogen-bond donors (Lipinski definition) is 2. The van der Waals surface area contributed by atoms with Crippen LogP contribution < -0.4 is 20.9 Å². The molecule has 5 rings (SSSR count). The van der Waals surface area contributed by atoms with Gasteiger partial charge in [0.1, 0.15) is 11.4 Å². The van der Waals surface area contributed by atoms with Crippen LogP contribution in [-0.4, -0.2) is 47.1 Å². The third-order valence-corrected chi connectivity index (χ3v) is 7.25. The van der Waals surface area contributed by atoms with Gasteiger partial charge in [0.05, 0.1) is 0 Å². The van der Waals surface area contributed by atoms with E-state index in [2.05, 4.69) is 10.6 Å². The summed E-state index contributed by atoms with van der Waals surface area (Å²) in [4.78, 5) is 40.3. The van der Waals surface area contributed by atoms with Crippen molar-refractivity contribution in [1.82, 2.24) is 14.8 Å². The van der Waals surface area contributed by atoms with Crippen LogP contribution in [-0.2, 0) is 11.3 Å². The van der Waals surface area contributed by atoms with Crippen molar-refractivity contribution in [3.63, 3.8) is 0 Å². The Morgan fingerprint density at radius 3 is 2.56 bits per heavy atom. The maximum absolute atomic E-state index is 13.2. The summed E-state index contributed by atoms with van der Waals surface area (Å²) in [6.45, 7) is 1.74. The van der Waals surface area contributed by atoms with Crippen LogP contribution in [0.2, 0.25) is 0 Å². The predicted molar refractivity (Wildman–Crippen MR) is 129 cm³/mol. The highest BCUT2D eigenvalue weighted by atomic mass is 16.5. The number of aromatic nitrogens is 1. The molecule has 2 N–H and O–H groups in total. The summed E-state index contributed by atoms with van der Waals surface area (Å²) in [5, 5.41) is 5.77. The molecule has 3 amide bonds. The minimum atomic E-state index is -0.309. The first-order chi connectivity index (χ1) is 16.6. The van der Waals surface area contributed by atoms with Crippen molar-refractivity contribution in [3.05, 3.63) is 58.5 Å². The van der Waals surface area contributed by atoms with Crippen molar-refractivity contribution < 1.29 is 14.3 Å². The standard InChI is InChI=1S/C26H32N4O4/c31-24(17-34-21-9-5-2-6-10-21)29-14-18-13-19(16-29)23-12-11-22(25(32)30(23)15-18)28-26(33)27-20-7-3-1-4-8-20/h2,5-6,9-12,18-20H,1,3-4,7-8,13-17H2,(H2,27,28,33). The van der Waals surface area contributed by atoms with Crippen LogP contribution in [0.15, 0.2) is 47.3 Å². The lowest BCUT2D eigenvalue weighted by Gasteiger charge is -2.42. The molecule has 8 heteroatoms. The van der Waals surface area contributed by atoms with Gasteiger partial charge in [0.15, 0.2) is 6.61 Å². The fraction of sp³-hybridized carbons (Fsp3) is 0.500. The smallest absolute Gasteiger partial charge is 0.319 e. The number of anilines is 1. The molecule has 34 heavy (non-hydrogen) atoms. The van der Waals surface area contributed by atoms with E-state index in [4.69, 9.17) is 4.74 Å². The number of pyridine rings is 1. The van der Waals surface area contributed by atoms with Crippen molar-refractivity contribution in [1.29, 1.82) is 0 Å². The molecular formula is C26H32N4O4. The molecule has 2 fully saturated rings. The van der Waals surface area contributed by atoms with Crippen LogP contribution in [0, 0.1) is 5.92 Å². The monoisotopic (exact) mass is 464 g/mol. The number of carbonyl (C=O) groups is 2. The van der Waals surface area contributed by atoms with Crippen LogP contribution in [0.3, 0.4) is 0 Å². The first kappa shape index (κ1) is 22.5. The van der Waals surface area contributed by atoms with Gasteiger partial charge in [0.25, 0.3) is 11.5 Å². The number of hydrogen-bond acceptors (Lipinski definition) is 4. The fourth-order valence-corrected chi connectivity index (χ4v) is 5.59. The van der Waals surface area contributed by atoms with E-state index in [0.29, 0.717) is 31.1 Å². The third kappa shape index (κ3) is 4.95. The Kier molecular flexibility index (Phi) is 6.56. The lowest BCUT2D eigenvalue weighted by Crippen LogP contribution is -2.50. The molecule has 2 unspecified atom stereocenters. The Bertz CT molecular complexity index is 1090. The van der Waals surface area contributed by atoms with E-state index in [1.807, 2.05) is 41.3 Å². The highest BCUT2D eigenvalue weighted by Gasteiger charge is 2.36. The molecule has 1 saturated carbocycles. The van der Waals surface area contributed by atoms with Gasteiger partial charge >= 0.3 is 6.03 Å². The number of nitrogens with one attached hydrogen (secondary N) is 2. The minimum Gasteiger partial charge on any atom is -0.484 e. The van der Waals surface area contributed by atoms with E-state index in [1.165, 1.54) is 6.42 Å². The van der Waals surface area contributed by atoms with E-state index in [1.54, 1.807) is 10.6 Å². The number of urea groups is 1. The Hall–Kier alpha value is -3.29. The van der Waals surface area contributed by atoms with E-state index in [-0.39, 0.29) is 42.0 Å². The number of rotatable bonds is 5. The Morgan fingerprint density at radius 2 is 1.76 bits per heavy atom. The lowest BCUT2D eigenvalue weighted by atomic mass is 9.83. The molecule has 3 aliphatic rings. The van der Waals surface area contributed by atoms with Gasteiger partial charge in [0.2, 0.25) is 0 Å². The zero-order chi connectivity index (χ0) is 23.5. The molecule has 2 aliphatic heterocycles. The Balaban J connectivity index is 1.23. The summed E-state index contributed by atoms with van der Waals surface area (Å²) < 4.78 is 7.44.